The van der Waals surface area contributed by atoms with Crippen LogP contribution < -0.4 is 22.1 Å². The summed E-state index contributed by atoms with van der Waals surface area (Å²) >= 11 is 0. The molecule has 0 aromatic heterocycles. The van der Waals surface area contributed by atoms with Crippen LogP contribution in [0.25, 0.3) is 0 Å². The number of hydrogen-bond acceptors (Lipinski definition) is 5. The number of anilines is 1. The number of urea groups is 1. The molecule has 1 rings (SSSR count). The van der Waals surface area contributed by atoms with Gasteiger partial charge in [-0.1, -0.05) is 12.1 Å². The van der Waals surface area contributed by atoms with Gasteiger partial charge in [0.2, 0.25) is 0 Å². The van der Waals surface area contributed by atoms with E-state index in [1.54, 1.807) is 20.3 Å². The molecule has 8 heteroatoms. The molecule has 0 fully saturated rings. The summed E-state index contributed by atoms with van der Waals surface area (Å²) in [6.07, 6.45) is 0.538. The summed E-state index contributed by atoms with van der Waals surface area (Å²) in [7, 11) is 2.11. The summed E-state index contributed by atoms with van der Waals surface area (Å²) in [6.45, 7) is 1.94. The molecule has 7 nitrogen and oxygen atoms in total. The van der Waals surface area contributed by atoms with E-state index in [2.05, 4.69) is 0 Å². The highest BCUT2D eigenvalue weighted by Crippen LogP contribution is 2.43. The predicted molar refractivity (Wildman–Crippen MR) is 75.2 cm³/mol. The number of carbonyl (C=O) groups is 1. The van der Waals surface area contributed by atoms with Crippen molar-refractivity contribution in [2.45, 2.75) is 13.1 Å². The topological polar surface area (TPSA) is 103 Å². The van der Waals surface area contributed by atoms with Gasteiger partial charge in [-0.2, -0.15) is 0 Å². The van der Waals surface area contributed by atoms with Gasteiger partial charge in [0.05, 0.1) is 5.69 Å². The zero-order chi connectivity index (χ0) is 14.4. The lowest BCUT2D eigenvalue weighted by molar-refractivity contribution is 0.246. The van der Waals surface area contributed by atoms with Gasteiger partial charge in [-0.15, -0.1) is 0 Å². The Labute approximate surface area is 113 Å². The molecule has 0 aliphatic carbocycles. The van der Waals surface area contributed by atoms with Gasteiger partial charge in [0.15, 0.2) is 8.38 Å². The number of nitrogens with two attached hydrogens (primary N) is 2. The zero-order valence-electron chi connectivity index (χ0n) is 11.2. The van der Waals surface area contributed by atoms with E-state index in [0.29, 0.717) is 11.8 Å². The Morgan fingerprint density at radius 2 is 2.05 bits per heavy atom. The van der Waals surface area contributed by atoms with Gasteiger partial charge in [-0.05, 0) is 24.1 Å². The second kappa shape index (κ2) is 7.37. The van der Waals surface area contributed by atoms with Crippen LogP contribution in [0.1, 0.15) is 11.1 Å². The average molecular weight is 286 g/mol. The first-order valence-corrected chi connectivity index (χ1v) is 6.91. The summed E-state index contributed by atoms with van der Waals surface area (Å²) in [4.78, 5) is 11.5. The minimum atomic E-state index is -1.06. The molecule has 0 unspecified atom stereocenters. The molecule has 2 amide bonds. The second-order valence-electron chi connectivity index (χ2n) is 3.75. The zero-order valence-corrected chi connectivity index (χ0v) is 12.1. The summed E-state index contributed by atoms with van der Waals surface area (Å²) in [5, 5.41) is 0.973. The Hall–Kier alpha value is -1.24. The van der Waals surface area contributed by atoms with Gasteiger partial charge in [-0.25, -0.2) is 21.5 Å². The fourth-order valence-corrected chi connectivity index (χ4v) is 2.71. The Morgan fingerprint density at radius 1 is 1.42 bits per heavy atom. The Kier molecular flexibility index (Phi) is 6.14. The maximum Gasteiger partial charge on any atom is 0.350 e. The van der Waals surface area contributed by atoms with Crippen LogP contribution in [0.3, 0.4) is 0 Å². The van der Waals surface area contributed by atoms with Gasteiger partial charge in [-0.3, -0.25) is 5.43 Å². The van der Waals surface area contributed by atoms with Gasteiger partial charge >= 0.3 is 6.03 Å². The van der Waals surface area contributed by atoms with Crippen molar-refractivity contribution in [1.82, 2.24) is 5.43 Å². The third-order valence-corrected chi connectivity index (χ3v) is 4.07. The first-order chi connectivity index (χ1) is 9.04. The number of nitrogens with one attached hydrogen (secondary N) is 1. The first-order valence-electron chi connectivity index (χ1n) is 5.54. The molecule has 19 heavy (non-hydrogen) atoms. The van der Waals surface area contributed by atoms with Crippen LogP contribution in [-0.2, 0) is 15.2 Å². The standard InChI is InChI=1S/C11H19N4O3P/c1-8-5-4-6-10(15(13)11(16)14-12)9(8)7-19(17-2)18-3/h4-6H,7,12-13H2,1-3H3,(H,14,16). The van der Waals surface area contributed by atoms with Crippen molar-refractivity contribution in [3.05, 3.63) is 29.3 Å². The molecule has 0 heterocycles. The van der Waals surface area contributed by atoms with Crippen molar-refractivity contribution >= 4 is 20.1 Å². The van der Waals surface area contributed by atoms with Crippen molar-refractivity contribution in [2.24, 2.45) is 11.7 Å². The molecule has 0 aliphatic rings. The molecule has 0 saturated heterocycles. The van der Waals surface area contributed by atoms with E-state index in [0.717, 1.165) is 16.1 Å². The van der Waals surface area contributed by atoms with Gasteiger partial charge in [0, 0.05) is 20.4 Å². The Bertz CT molecular complexity index is 440. The predicted octanol–water partition coefficient (Wildman–Crippen LogP) is 1.36. The quantitative estimate of drug-likeness (QED) is 0.328. The number of hydrogen-bond donors (Lipinski definition) is 3. The number of rotatable bonds is 5. The summed E-state index contributed by atoms with van der Waals surface area (Å²) in [6, 6.07) is 4.91. The van der Waals surface area contributed by atoms with Gasteiger partial charge in [0.25, 0.3) is 0 Å². The average Bonchev–Trinajstić information content (AvgIpc) is 2.44. The van der Waals surface area contributed by atoms with E-state index in [1.807, 2.05) is 24.5 Å². The van der Waals surface area contributed by atoms with E-state index in [9.17, 15) is 4.79 Å². The molecule has 0 bridgehead atoms. The van der Waals surface area contributed by atoms with Crippen LogP contribution in [0.15, 0.2) is 18.2 Å². The van der Waals surface area contributed by atoms with Crippen LogP contribution in [0.4, 0.5) is 10.5 Å². The first kappa shape index (κ1) is 15.8. The van der Waals surface area contributed by atoms with Crippen LogP contribution in [0.5, 0.6) is 0 Å². The maximum atomic E-state index is 11.5. The van der Waals surface area contributed by atoms with Crippen molar-refractivity contribution in [3.8, 4) is 0 Å². The SMILES string of the molecule is COP(Cc1c(C)cccc1N(N)C(=O)NN)OC. The van der Waals surface area contributed by atoms with Gasteiger partial charge < -0.3 is 9.05 Å². The summed E-state index contributed by atoms with van der Waals surface area (Å²) in [5.74, 6) is 10.8. The van der Waals surface area contributed by atoms with Crippen molar-refractivity contribution in [3.63, 3.8) is 0 Å². The molecule has 5 N–H and O–H groups in total. The van der Waals surface area contributed by atoms with Crippen molar-refractivity contribution in [1.29, 1.82) is 0 Å². The molecular weight excluding hydrogens is 267 g/mol. The molecule has 0 atom stereocenters. The van der Waals surface area contributed by atoms with Crippen LogP contribution in [0.2, 0.25) is 0 Å². The smallest absolute Gasteiger partial charge is 0.337 e. The highest BCUT2D eigenvalue weighted by Gasteiger charge is 2.19. The molecule has 1 aromatic carbocycles. The third kappa shape index (κ3) is 3.86. The number of hydrazine groups is 2. The number of aryl methyl sites for hydroxylation is 1. The van der Waals surface area contributed by atoms with Gasteiger partial charge in [0.1, 0.15) is 0 Å². The fraction of sp³-hybridized carbons (Fsp3) is 0.364. The molecule has 0 saturated carbocycles. The van der Waals surface area contributed by atoms with E-state index in [4.69, 9.17) is 20.7 Å². The molecule has 1 aromatic rings. The normalized spacial score (nSPS) is 10.6. The van der Waals surface area contributed by atoms with Crippen molar-refractivity contribution < 1.29 is 13.8 Å². The summed E-state index contributed by atoms with van der Waals surface area (Å²) < 4.78 is 10.5. The van der Waals surface area contributed by atoms with Crippen LogP contribution >= 0.6 is 8.38 Å². The number of nitrogens with zero attached hydrogens (tertiary/aromatic N) is 1. The molecule has 0 spiro atoms. The lowest BCUT2D eigenvalue weighted by Gasteiger charge is -2.22. The maximum absolute atomic E-state index is 11.5. The highest BCUT2D eigenvalue weighted by molar-refractivity contribution is 7.46. The molecule has 0 radical (unpaired) electrons. The summed E-state index contributed by atoms with van der Waals surface area (Å²) in [5.41, 5.74) is 4.46. The second-order valence-corrected chi connectivity index (χ2v) is 5.46. The van der Waals surface area contributed by atoms with E-state index >= 15 is 0 Å². The number of amides is 2. The highest BCUT2D eigenvalue weighted by atomic mass is 31.2. The minimum absolute atomic E-state index is 0.538. The van der Waals surface area contributed by atoms with E-state index < -0.39 is 14.4 Å². The number of benzene rings is 1. The minimum Gasteiger partial charge on any atom is -0.337 e. The van der Waals surface area contributed by atoms with E-state index in [-0.39, 0.29) is 0 Å². The Morgan fingerprint density at radius 3 is 2.58 bits per heavy atom. The monoisotopic (exact) mass is 286 g/mol. The third-order valence-electron chi connectivity index (χ3n) is 2.68. The molecule has 0 aliphatic heterocycles. The fourth-order valence-electron chi connectivity index (χ4n) is 1.63. The Balaban J connectivity index is 3.11. The lowest BCUT2D eigenvalue weighted by atomic mass is 10.1. The van der Waals surface area contributed by atoms with Crippen molar-refractivity contribution in [2.75, 3.05) is 19.2 Å². The van der Waals surface area contributed by atoms with Crippen LogP contribution in [-0.4, -0.2) is 20.3 Å². The lowest BCUT2D eigenvalue weighted by Crippen LogP contribution is -2.48. The number of carbonyl (C=O) groups excluding carboxylic acids is 1. The van der Waals surface area contributed by atoms with Crippen LogP contribution in [0, 0.1) is 6.92 Å². The largest absolute Gasteiger partial charge is 0.350 e. The molecule has 106 valence electrons. The molecular formula is C11H19N4O3P. The van der Waals surface area contributed by atoms with E-state index in [1.165, 1.54) is 0 Å².